The molecule has 2 nitrogen and oxygen atoms in total. The molecule has 1 saturated heterocycles. The molecule has 0 aliphatic carbocycles. The highest BCUT2D eigenvalue weighted by atomic mass is 35.5. The van der Waals surface area contributed by atoms with Gasteiger partial charge >= 0.3 is 0 Å². The average molecular weight is 303 g/mol. The molecule has 1 aromatic carbocycles. The number of likely N-dealkylation sites (tertiary alicyclic amines) is 1. The van der Waals surface area contributed by atoms with E-state index in [0.717, 1.165) is 29.8 Å². The number of anilines is 1. The minimum Gasteiger partial charge on any atom is -0.349 e. The van der Waals surface area contributed by atoms with Gasteiger partial charge in [-0.2, -0.15) is 0 Å². The van der Waals surface area contributed by atoms with Gasteiger partial charge in [-0.25, -0.2) is 0 Å². The van der Waals surface area contributed by atoms with E-state index in [1.54, 1.807) is 18.2 Å². The fraction of sp³-hybridized carbons (Fsp3) is 0.462. The first-order chi connectivity index (χ1) is 8.56. The number of rotatable bonds is 1. The molecule has 1 aliphatic heterocycles. The van der Waals surface area contributed by atoms with Gasteiger partial charge in [-0.1, -0.05) is 30.1 Å². The summed E-state index contributed by atoms with van der Waals surface area (Å²) in [6.07, 6.45) is 2.37. The van der Waals surface area contributed by atoms with Crippen molar-refractivity contribution in [1.82, 2.24) is 4.90 Å². The zero-order valence-electron chi connectivity index (χ0n) is 10.2. The molecule has 1 heterocycles. The minimum atomic E-state index is 0.632. The van der Waals surface area contributed by atoms with Gasteiger partial charge in [0.2, 0.25) is 0 Å². The van der Waals surface area contributed by atoms with Crippen LogP contribution in [0.4, 0.5) is 5.69 Å². The molecule has 0 unspecified atom stereocenters. The third kappa shape index (κ3) is 3.50. The van der Waals surface area contributed by atoms with Crippen LogP contribution in [0.1, 0.15) is 19.8 Å². The second kappa shape index (κ2) is 6.09. The molecule has 0 aromatic heterocycles. The molecule has 0 spiro atoms. The van der Waals surface area contributed by atoms with Gasteiger partial charge in [0.25, 0.3) is 0 Å². The van der Waals surface area contributed by atoms with E-state index in [9.17, 15) is 0 Å². The molecule has 98 valence electrons. The quantitative estimate of drug-likeness (QED) is 0.773. The van der Waals surface area contributed by atoms with Gasteiger partial charge in [-0.15, -0.1) is 0 Å². The monoisotopic (exact) mass is 302 g/mol. The van der Waals surface area contributed by atoms with Crippen molar-refractivity contribution >= 4 is 46.2 Å². The Balaban J connectivity index is 2.00. The van der Waals surface area contributed by atoms with Crippen molar-refractivity contribution in [2.24, 2.45) is 5.92 Å². The van der Waals surface area contributed by atoms with E-state index < -0.39 is 0 Å². The van der Waals surface area contributed by atoms with Crippen LogP contribution in [0, 0.1) is 5.92 Å². The molecule has 5 heteroatoms. The lowest BCUT2D eigenvalue weighted by Crippen LogP contribution is -2.40. The predicted molar refractivity (Wildman–Crippen MR) is 82.7 cm³/mol. The van der Waals surface area contributed by atoms with Crippen molar-refractivity contribution in [3.05, 3.63) is 28.2 Å². The lowest BCUT2D eigenvalue weighted by molar-refractivity contribution is 0.283. The second-order valence-electron chi connectivity index (χ2n) is 4.72. The second-order valence-corrected chi connectivity index (χ2v) is 5.95. The zero-order chi connectivity index (χ0) is 13.1. The first kappa shape index (κ1) is 13.9. The lowest BCUT2D eigenvalue weighted by atomic mass is 10.00. The topological polar surface area (TPSA) is 15.3 Å². The lowest BCUT2D eigenvalue weighted by Gasteiger charge is -2.32. The van der Waals surface area contributed by atoms with Crippen LogP contribution in [0.5, 0.6) is 0 Å². The number of piperidine rings is 1. The normalized spacial score (nSPS) is 16.7. The summed E-state index contributed by atoms with van der Waals surface area (Å²) in [5, 5.41) is 5.19. The van der Waals surface area contributed by atoms with Gasteiger partial charge in [0.15, 0.2) is 5.11 Å². The smallest absolute Gasteiger partial charge is 0.173 e. The number of nitrogens with zero attached hydrogens (tertiary/aromatic N) is 1. The summed E-state index contributed by atoms with van der Waals surface area (Å²) in [4.78, 5) is 2.19. The standard InChI is InChI=1S/C13H16Cl2N2S/c1-9-4-6-17(7-5-9)13(18)16-12-8-10(14)2-3-11(12)15/h2-3,8-9H,4-7H2,1H3,(H,16,18). The molecule has 0 saturated carbocycles. The largest absolute Gasteiger partial charge is 0.349 e. The number of thiocarbonyl (C=S) groups is 1. The molecule has 1 fully saturated rings. The Hall–Kier alpha value is -0.510. The predicted octanol–water partition coefficient (Wildman–Crippen LogP) is 4.42. The van der Waals surface area contributed by atoms with E-state index in [1.807, 2.05) is 0 Å². The summed E-state index contributed by atoms with van der Waals surface area (Å²) in [7, 11) is 0. The average Bonchev–Trinajstić information content (AvgIpc) is 2.34. The number of hydrogen-bond acceptors (Lipinski definition) is 1. The van der Waals surface area contributed by atoms with Crippen molar-refractivity contribution in [3.8, 4) is 0 Å². The Morgan fingerprint density at radius 2 is 2.00 bits per heavy atom. The summed E-state index contributed by atoms with van der Waals surface area (Å²) in [6, 6.07) is 5.33. The molecular formula is C13H16Cl2N2S. The fourth-order valence-corrected chi connectivity index (χ4v) is 2.63. The summed E-state index contributed by atoms with van der Waals surface area (Å²) < 4.78 is 0. The van der Waals surface area contributed by atoms with E-state index in [1.165, 1.54) is 12.8 Å². The molecule has 18 heavy (non-hydrogen) atoms. The van der Waals surface area contributed by atoms with Crippen molar-refractivity contribution < 1.29 is 0 Å². The van der Waals surface area contributed by atoms with Crippen molar-refractivity contribution in [2.45, 2.75) is 19.8 Å². The van der Waals surface area contributed by atoms with Gasteiger partial charge in [0.05, 0.1) is 10.7 Å². The highest BCUT2D eigenvalue weighted by Crippen LogP contribution is 2.26. The Labute approximate surface area is 123 Å². The molecule has 1 N–H and O–H groups in total. The van der Waals surface area contributed by atoms with Crippen LogP contribution < -0.4 is 5.32 Å². The van der Waals surface area contributed by atoms with E-state index >= 15 is 0 Å². The first-order valence-electron chi connectivity index (χ1n) is 6.07. The van der Waals surface area contributed by atoms with Crippen LogP contribution in [-0.2, 0) is 0 Å². The molecule has 1 aromatic rings. The SMILES string of the molecule is CC1CCN(C(=S)Nc2cc(Cl)ccc2Cl)CC1. The maximum atomic E-state index is 6.10. The Kier molecular flexibility index (Phi) is 4.71. The molecule has 0 radical (unpaired) electrons. The zero-order valence-corrected chi connectivity index (χ0v) is 12.6. The molecule has 0 bridgehead atoms. The maximum absolute atomic E-state index is 6.10. The van der Waals surface area contributed by atoms with Gasteiger partial charge in [-0.3, -0.25) is 0 Å². The molecular weight excluding hydrogens is 287 g/mol. The van der Waals surface area contributed by atoms with Gasteiger partial charge < -0.3 is 10.2 Å². The van der Waals surface area contributed by atoms with Gasteiger partial charge in [0.1, 0.15) is 0 Å². The van der Waals surface area contributed by atoms with E-state index in [4.69, 9.17) is 35.4 Å². The summed E-state index contributed by atoms with van der Waals surface area (Å²) in [5.74, 6) is 0.791. The molecule has 0 atom stereocenters. The number of nitrogens with one attached hydrogen (secondary N) is 1. The van der Waals surface area contributed by atoms with Gasteiger partial charge in [-0.05, 0) is 49.2 Å². The molecule has 2 rings (SSSR count). The number of benzene rings is 1. The van der Waals surface area contributed by atoms with E-state index in [-0.39, 0.29) is 0 Å². The van der Waals surface area contributed by atoms with Crippen LogP contribution in [-0.4, -0.2) is 23.1 Å². The fourth-order valence-electron chi connectivity index (χ4n) is 2.00. The van der Waals surface area contributed by atoms with Crippen molar-refractivity contribution in [1.29, 1.82) is 0 Å². The van der Waals surface area contributed by atoms with Crippen LogP contribution in [0.2, 0.25) is 10.0 Å². The Bertz CT molecular complexity index is 443. The first-order valence-corrected chi connectivity index (χ1v) is 7.23. The minimum absolute atomic E-state index is 0.632. The molecule has 0 amide bonds. The number of hydrogen-bond donors (Lipinski definition) is 1. The van der Waals surface area contributed by atoms with Crippen LogP contribution in [0.25, 0.3) is 0 Å². The summed E-state index contributed by atoms with van der Waals surface area (Å²) in [6.45, 7) is 4.29. The van der Waals surface area contributed by atoms with E-state index in [2.05, 4.69) is 17.1 Å². The van der Waals surface area contributed by atoms with Crippen molar-refractivity contribution in [3.63, 3.8) is 0 Å². The van der Waals surface area contributed by atoms with Crippen LogP contribution >= 0.6 is 35.4 Å². The Morgan fingerprint density at radius 1 is 1.33 bits per heavy atom. The summed E-state index contributed by atoms with van der Waals surface area (Å²) in [5.41, 5.74) is 0.771. The number of halogens is 2. The third-order valence-electron chi connectivity index (χ3n) is 3.24. The molecule has 1 aliphatic rings. The maximum Gasteiger partial charge on any atom is 0.173 e. The van der Waals surface area contributed by atoms with E-state index in [0.29, 0.717) is 10.0 Å². The Morgan fingerprint density at radius 3 is 2.67 bits per heavy atom. The van der Waals surface area contributed by atoms with Crippen LogP contribution in [0.15, 0.2) is 18.2 Å². The summed E-state index contributed by atoms with van der Waals surface area (Å²) >= 11 is 17.5. The highest BCUT2D eigenvalue weighted by Gasteiger charge is 2.18. The highest BCUT2D eigenvalue weighted by molar-refractivity contribution is 7.80. The van der Waals surface area contributed by atoms with Crippen molar-refractivity contribution in [2.75, 3.05) is 18.4 Å². The van der Waals surface area contributed by atoms with Gasteiger partial charge in [0, 0.05) is 18.1 Å². The van der Waals surface area contributed by atoms with Crippen LogP contribution in [0.3, 0.4) is 0 Å². The third-order valence-corrected chi connectivity index (χ3v) is 4.17.